The number of nitrogens with one attached hydrogen (secondary N) is 3. The molecule has 1 aromatic carbocycles. The van der Waals surface area contributed by atoms with Crippen LogP contribution in [-0.4, -0.2) is 30.2 Å². The molecule has 25 heavy (non-hydrogen) atoms. The molecule has 0 aliphatic heterocycles. The fourth-order valence-electron chi connectivity index (χ4n) is 3.20. The molecule has 3 rings (SSSR count). The number of rotatable bonds is 4. The second-order valence-electron chi connectivity index (χ2n) is 6.15. The number of nitrogens with zero attached hydrogens (tertiary/aromatic N) is 1. The molecule has 0 unspecified atom stereocenters. The van der Waals surface area contributed by atoms with Gasteiger partial charge >= 0.3 is 6.03 Å². The van der Waals surface area contributed by atoms with E-state index in [-0.39, 0.29) is 23.9 Å². The van der Waals surface area contributed by atoms with E-state index in [1.165, 1.54) is 0 Å². The van der Waals surface area contributed by atoms with Crippen LogP contribution >= 0.6 is 0 Å². The Morgan fingerprint density at radius 1 is 1.16 bits per heavy atom. The average molecular weight is 342 g/mol. The first-order chi connectivity index (χ1) is 12.2. The largest absolute Gasteiger partial charge is 0.359 e. The first-order valence-corrected chi connectivity index (χ1v) is 8.48. The van der Waals surface area contributed by atoms with Gasteiger partial charge in [0.25, 0.3) is 0 Å². The molecule has 2 atom stereocenters. The summed E-state index contributed by atoms with van der Waals surface area (Å²) in [6, 6.07) is 10.6. The molecule has 0 bridgehead atoms. The minimum atomic E-state index is -0.381. The molecule has 2 aromatic rings. The highest BCUT2D eigenvalue weighted by Crippen LogP contribution is 2.25. The van der Waals surface area contributed by atoms with Crippen LogP contribution in [0.25, 0.3) is 11.3 Å². The van der Waals surface area contributed by atoms with Gasteiger partial charge in [-0.05, 0) is 12.8 Å². The van der Waals surface area contributed by atoms with E-state index in [9.17, 15) is 9.59 Å². The quantitative estimate of drug-likeness (QED) is 0.796. The van der Waals surface area contributed by atoms with Crippen LogP contribution in [0, 0.1) is 5.92 Å². The maximum Gasteiger partial charge on any atom is 0.320 e. The number of hydrogen-bond acceptors (Lipinski definition) is 4. The zero-order chi connectivity index (χ0) is 17.6. The van der Waals surface area contributed by atoms with Crippen molar-refractivity contribution in [2.24, 2.45) is 5.92 Å². The minimum Gasteiger partial charge on any atom is -0.359 e. The van der Waals surface area contributed by atoms with Gasteiger partial charge in [-0.3, -0.25) is 10.1 Å². The molecule has 132 valence electrons. The van der Waals surface area contributed by atoms with Crippen LogP contribution < -0.4 is 16.0 Å². The summed E-state index contributed by atoms with van der Waals surface area (Å²) in [5, 5.41) is 12.1. The Bertz CT molecular complexity index is 729. The van der Waals surface area contributed by atoms with E-state index >= 15 is 0 Å². The lowest BCUT2D eigenvalue weighted by Crippen LogP contribution is -2.49. The van der Waals surface area contributed by atoms with E-state index in [4.69, 9.17) is 4.52 Å². The Morgan fingerprint density at radius 2 is 1.92 bits per heavy atom. The predicted octanol–water partition coefficient (Wildman–Crippen LogP) is 2.77. The van der Waals surface area contributed by atoms with Crippen molar-refractivity contribution in [3.8, 4) is 11.3 Å². The van der Waals surface area contributed by atoms with E-state index in [2.05, 4.69) is 21.1 Å². The number of carbonyl (C=O) groups excluding carboxylic acids is 2. The van der Waals surface area contributed by atoms with Gasteiger partial charge in [-0.1, -0.05) is 48.3 Å². The highest BCUT2D eigenvalue weighted by molar-refractivity contribution is 5.89. The number of aromatic nitrogens is 1. The molecule has 0 spiro atoms. The standard InChI is InChI=1S/C18H22N4O3/c1-19-17(23)13-9-5-6-10-14(13)20-18(24)21-16-11-15(25-22-16)12-7-3-2-4-8-12/h2-4,7-8,11,13-14H,5-6,9-10H2,1H3,(H,19,23)(H2,20,21,22,24)/t13-,14+/m0/s1. The molecule has 7 heteroatoms. The molecule has 1 aliphatic carbocycles. The van der Waals surface area contributed by atoms with Crippen molar-refractivity contribution in [1.82, 2.24) is 15.8 Å². The Hall–Kier alpha value is -2.83. The number of amides is 3. The molecule has 1 saturated carbocycles. The summed E-state index contributed by atoms with van der Waals surface area (Å²) >= 11 is 0. The summed E-state index contributed by atoms with van der Waals surface area (Å²) in [6.45, 7) is 0. The molecule has 3 amide bonds. The Morgan fingerprint density at radius 3 is 2.68 bits per heavy atom. The molecular formula is C18H22N4O3. The summed E-state index contributed by atoms with van der Waals surface area (Å²) in [5.74, 6) is 0.694. The van der Waals surface area contributed by atoms with E-state index in [0.717, 1.165) is 31.2 Å². The zero-order valence-corrected chi connectivity index (χ0v) is 14.1. The van der Waals surface area contributed by atoms with Crippen molar-refractivity contribution in [1.29, 1.82) is 0 Å². The summed E-state index contributed by atoms with van der Waals surface area (Å²) in [6.07, 6.45) is 3.58. The van der Waals surface area contributed by atoms with E-state index < -0.39 is 0 Å². The van der Waals surface area contributed by atoms with Gasteiger partial charge in [-0.25, -0.2) is 4.79 Å². The maximum absolute atomic E-state index is 12.2. The van der Waals surface area contributed by atoms with Gasteiger partial charge in [0.1, 0.15) is 0 Å². The number of anilines is 1. The molecule has 1 fully saturated rings. The van der Waals surface area contributed by atoms with E-state index in [1.54, 1.807) is 13.1 Å². The second kappa shape index (κ2) is 7.83. The fraction of sp³-hybridized carbons (Fsp3) is 0.389. The third-order valence-electron chi connectivity index (χ3n) is 4.48. The molecule has 3 N–H and O–H groups in total. The number of hydrogen-bond donors (Lipinski definition) is 3. The van der Waals surface area contributed by atoms with Crippen molar-refractivity contribution in [3.05, 3.63) is 36.4 Å². The molecule has 1 aliphatic rings. The molecule has 1 aromatic heterocycles. The summed E-state index contributed by atoms with van der Waals surface area (Å²) in [5.41, 5.74) is 0.885. The lowest BCUT2D eigenvalue weighted by Gasteiger charge is -2.30. The molecular weight excluding hydrogens is 320 g/mol. The summed E-state index contributed by atoms with van der Waals surface area (Å²) in [7, 11) is 1.62. The first-order valence-electron chi connectivity index (χ1n) is 8.48. The minimum absolute atomic E-state index is 0.0298. The monoisotopic (exact) mass is 342 g/mol. The third-order valence-corrected chi connectivity index (χ3v) is 4.48. The normalized spacial score (nSPS) is 19.9. The van der Waals surface area contributed by atoms with Gasteiger partial charge in [0.05, 0.1) is 5.92 Å². The van der Waals surface area contributed by atoms with Gasteiger partial charge in [0, 0.05) is 24.7 Å². The molecule has 0 saturated heterocycles. The highest BCUT2D eigenvalue weighted by atomic mass is 16.5. The second-order valence-corrected chi connectivity index (χ2v) is 6.15. The molecule has 7 nitrogen and oxygen atoms in total. The fourth-order valence-corrected chi connectivity index (χ4v) is 3.20. The Balaban J connectivity index is 1.60. The summed E-state index contributed by atoms with van der Waals surface area (Å²) < 4.78 is 5.26. The zero-order valence-electron chi connectivity index (χ0n) is 14.1. The highest BCUT2D eigenvalue weighted by Gasteiger charge is 2.31. The van der Waals surface area contributed by atoms with Gasteiger partial charge in [-0.15, -0.1) is 0 Å². The van der Waals surface area contributed by atoms with E-state index in [1.807, 2.05) is 30.3 Å². The lowest BCUT2D eigenvalue weighted by molar-refractivity contribution is -0.126. The van der Waals surface area contributed by atoms with Gasteiger partial charge in [-0.2, -0.15) is 0 Å². The van der Waals surface area contributed by atoms with E-state index in [0.29, 0.717) is 11.6 Å². The Labute approximate surface area is 146 Å². The van der Waals surface area contributed by atoms with Crippen LogP contribution in [-0.2, 0) is 4.79 Å². The van der Waals surface area contributed by atoms with Crippen LogP contribution in [0.3, 0.4) is 0 Å². The van der Waals surface area contributed by atoms with Crippen LogP contribution in [0.2, 0.25) is 0 Å². The van der Waals surface area contributed by atoms with Gasteiger partial charge in [0.2, 0.25) is 5.91 Å². The van der Waals surface area contributed by atoms with Crippen molar-refractivity contribution >= 4 is 17.8 Å². The third kappa shape index (κ3) is 4.17. The van der Waals surface area contributed by atoms with Crippen molar-refractivity contribution < 1.29 is 14.1 Å². The number of urea groups is 1. The summed E-state index contributed by atoms with van der Waals surface area (Å²) in [4.78, 5) is 24.2. The van der Waals surface area contributed by atoms with Crippen LogP contribution in [0.5, 0.6) is 0 Å². The Kier molecular flexibility index (Phi) is 5.33. The van der Waals surface area contributed by atoms with Crippen molar-refractivity contribution in [2.45, 2.75) is 31.7 Å². The first kappa shape index (κ1) is 17.0. The molecule has 1 heterocycles. The average Bonchev–Trinajstić information content (AvgIpc) is 3.10. The van der Waals surface area contributed by atoms with Gasteiger partial charge < -0.3 is 15.2 Å². The number of benzene rings is 1. The molecule has 0 radical (unpaired) electrons. The topological polar surface area (TPSA) is 96.3 Å². The van der Waals surface area contributed by atoms with Gasteiger partial charge in [0.15, 0.2) is 11.6 Å². The smallest absolute Gasteiger partial charge is 0.320 e. The number of carbonyl (C=O) groups is 2. The van der Waals surface area contributed by atoms with Crippen LogP contribution in [0.4, 0.5) is 10.6 Å². The maximum atomic E-state index is 12.2. The van der Waals surface area contributed by atoms with Crippen LogP contribution in [0.15, 0.2) is 40.9 Å². The van der Waals surface area contributed by atoms with Crippen molar-refractivity contribution in [3.63, 3.8) is 0 Å². The predicted molar refractivity (Wildman–Crippen MR) is 93.9 cm³/mol. The SMILES string of the molecule is CNC(=O)[C@H]1CCCC[C@H]1NC(=O)Nc1cc(-c2ccccc2)on1. The lowest BCUT2D eigenvalue weighted by atomic mass is 9.84. The van der Waals surface area contributed by atoms with Crippen molar-refractivity contribution in [2.75, 3.05) is 12.4 Å². The van der Waals surface area contributed by atoms with Crippen LogP contribution in [0.1, 0.15) is 25.7 Å².